The first-order chi connectivity index (χ1) is 14.9. The standard InChI is InChI=1S/C17H17F3N8O2S/c18-17(19,20)11-3-4-14(28-10-21-9-22-28)13(6-11)23-15(29)8-31-16-24-25-26-27(16)7-12-2-1-5-30-12/h3-4,6,9-10,12H,1-2,5,7-8H2,(H,23,29). The molecule has 1 N–H and O–H groups in total. The normalized spacial score (nSPS) is 16.5. The van der Waals surface area contributed by atoms with Gasteiger partial charge in [0.15, 0.2) is 0 Å². The molecule has 1 aromatic carbocycles. The van der Waals surface area contributed by atoms with Crippen molar-refractivity contribution in [3.8, 4) is 5.69 Å². The molecule has 164 valence electrons. The van der Waals surface area contributed by atoms with Crippen LogP contribution in [-0.4, -0.2) is 59.3 Å². The first-order valence-corrected chi connectivity index (χ1v) is 10.3. The second-order valence-corrected chi connectivity index (χ2v) is 7.63. The summed E-state index contributed by atoms with van der Waals surface area (Å²) in [5.74, 6) is -0.615. The van der Waals surface area contributed by atoms with Gasteiger partial charge in [-0.15, -0.1) is 5.10 Å². The van der Waals surface area contributed by atoms with Crippen molar-refractivity contribution >= 4 is 23.4 Å². The van der Waals surface area contributed by atoms with Crippen molar-refractivity contribution < 1.29 is 22.7 Å². The SMILES string of the molecule is O=C(CSc1nnnn1CC1CCCO1)Nc1cc(C(F)(F)F)ccc1-n1cncn1. The zero-order valence-corrected chi connectivity index (χ0v) is 16.8. The summed E-state index contributed by atoms with van der Waals surface area (Å²) >= 11 is 1.08. The van der Waals surface area contributed by atoms with E-state index in [0.717, 1.165) is 36.7 Å². The predicted octanol–water partition coefficient (Wildman–Crippen LogP) is 2.18. The zero-order valence-electron chi connectivity index (χ0n) is 16.0. The lowest BCUT2D eigenvalue weighted by Gasteiger charge is -2.14. The van der Waals surface area contributed by atoms with Crippen LogP contribution in [0.1, 0.15) is 18.4 Å². The Balaban J connectivity index is 1.45. The van der Waals surface area contributed by atoms with E-state index in [1.165, 1.54) is 23.4 Å². The van der Waals surface area contributed by atoms with Crippen molar-refractivity contribution in [1.82, 2.24) is 35.0 Å². The number of benzene rings is 1. The van der Waals surface area contributed by atoms with E-state index < -0.39 is 17.6 Å². The average Bonchev–Trinajstić information content (AvgIpc) is 3.49. The first kappa shape index (κ1) is 21.2. The Kier molecular flexibility index (Phi) is 6.18. The molecule has 3 aromatic rings. The number of halogens is 3. The maximum atomic E-state index is 13.1. The van der Waals surface area contributed by atoms with Gasteiger partial charge in [0.05, 0.1) is 35.3 Å². The van der Waals surface area contributed by atoms with Crippen molar-refractivity contribution in [2.45, 2.75) is 36.8 Å². The third-order valence-electron chi connectivity index (χ3n) is 4.50. The lowest BCUT2D eigenvalue weighted by Crippen LogP contribution is -2.19. The van der Waals surface area contributed by atoms with Gasteiger partial charge in [-0.3, -0.25) is 4.79 Å². The summed E-state index contributed by atoms with van der Waals surface area (Å²) in [4.78, 5) is 16.3. The summed E-state index contributed by atoms with van der Waals surface area (Å²) in [6.45, 7) is 1.17. The number of amides is 1. The van der Waals surface area contributed by atoms with Gasteiger partial charge in [-0.05, 0) is 41.5 Å². The maximum absolute atomic E-state index is 13.1. The number of thioether (sulfide) groups is 1. The van der Waals surface area contributed by atoms with Crippen LogP contribution in [0.2, 0.25) is 0 Å². The lowest BCUT2D eigenvalue weighted by molar-refractivity contribution is -0.137. The number of rotatable bonds is 7. The molecule has 0 saturated carbocycles. The van der Waals surface area contributed by atoms with Crippen molar-refractivity contribution in [3.63, 3.8) is 0 Å². The number of hydrogen-bond acceptors (Lipinski definition) is 8. The number of carbonyl (C=O) groups is 1. The molecule has 1 fully saturated rings. The number of anilines is 1. The Bertz CT molecular complexity index is 1030. The highest BCUT2D eigenvalue weighted by Crippen LogP contribution is 2.33. The van der Waals surface area contributed by atoms with Gasteiger partial charge in [0.1, 0.15) is 12.7 Å². The van der Waals surface area contributed by atoms with E-state index >= 15 is 0 Å². The summed E-state index contributed by atoms with van der Waals surface area (Å²) in [5.41, 5.74) is -0.670. The van der Waals surface area contributed by atoms with Crippen molar-refractivity contribution in [1.29, 1.82) is 0 Å². The van der Waals surface area contributed by atoms with Crippen molar-refractivity contribution in [2.75, 3.05) is 17.7 Å². The summed E-state index contributed by atoms with van der Waals surface area (Å²) in [7, 11) is 0. The van der Waals surface area contributed by atoms with Crippen LogP contribution in [0, 0.1) is 0 Å². The topological polar surface area (TPSA) is 113 Å². The van der Waals surface area contributed by atoms with E-state index in [1.54, 1.807) is 4.68 Å². The molecule has 14 heteroatoms. The monoisotopic (exact) mass is 454 g/mol. The van der Waals surface area contributed by atoms with E-state index in [1.807, 2.05) is 0 Å². The fourth-order valence-electron chi connectivity index (χ4n) is 3.06. The van der Waals surface area contributed by atoms with Gasteiger partial charge in [0.2, 0.25) is 11.1 Å². The summed E-state index contributed by atoms with van der Waals surface area (Å²) in [6, 6.07) is 3.00. The molecule has 1 aliphatic rings. The Morgan fingerprint density at radius 3 is 2.94 bits per heavy atom. The predicted molar refractivity (Wildman–Crippen MR) is 103 cm³/mol. The van der Waals surface area contributed by atoms with E-state index in [2.05, 4.69) is 30.9 Å². The van der Waals surface area contributed by atoms with Gasteiger partial charge < -0.3 is 10.1 Å². The number of hydrogen-bond donors (Lipinski definition) is 1. The third kappa shape index (κ3) is 5.19. The maximum Gasteiger partial charge on any atom is 0.416 e. The Morgan fingerprint density at radius 1 is 1.35 bits per heavy atom. The number of tetrazole rings is 1. The number of alkyl halides is 3. The molecule has 2 aromatic heterocycles. The van der Waals surface area contributed by atoms with Gasteiger partial charge in [-0.2, -0.15) is 18.3 Å². The highest BCUT2D eigenvalue weighted by Gasteiger charge is 2.31. The minimum atomic E-state index is -4.56. The van der Waals surface area contributed by atoms with Gasteiger partial charge in [0, 0.05) is 6.61 Å². The van der Waals surface area contributed by atoms with Gasteiger partial charge >= 0.3 is 6.18 Å². The molecule has 1 unspecified atom stereocenters. The second kappa shape index (κ2) is 9.01. The van der Waals surface area contributed by atoms with Gasteiger partial charge in [-0.1, -0.05) is 11.8 Å². The fraction of sp³-hybridized carbons (Fsp3) is 0.412. The molecule has 1 amide bonds. The van der Waals surface area contributed by atoms with Crippen LogP contribution >= 0.6 is 11.8 Å². The molecule has 0 aliphatic carbocycles. The Labute approximate surface area is 178 Å². The molecule has 10 nitrogen and oxygen atoms in total. The number of nitrogens with zero attached hydrogens (tertiary/aromatic N) is 7. The highest BCUT2D eigenvalue weighted by atomic mass is 32.2. The number of nitrogens with one attached hydrogen (secondary N) is 1. The highest BCUT2D eigenvalue weighted by molar-refractivity contribution is 7.99. The summed E-state index contributed by atoms with van der Waals surface area (Å²) in [5, 5.41) is 18.3. The molecular weight excluding hydrogens is 437 g/mol. The van der Waals surface area contributed by atoms with E-state index in [-0.39, 0.29) is 23.2 Å². The van der Waals surface area contributed by atoms with Gasteiger partial charge in [-0.25, -0.2) is 14.3 Å². The molecule has 0 radical (unpaired) electrons. The average molecular weight is 454 g/mol. The summed E-state index contributed by atoms with van der Waals surface area (Å²) < 4.78 is 47.8. The number of aromatic nitrogens is 7. The van der Waals surface area contributed by atoms with Crippen LogP contribution < -0.4 is 5.32 Å². The minimum Gasteiger partial charge on any atom is -0.376 e. The molecule has 31 heavy (non-hydrogen) atoms. The molecule has 0 spiro atoms. The lowest BCUT2D eigenvalue weighted by atomic mass is 10.1. The Morgan fingerprint density at radius 2 is 2.23 bits per heavy atom. The number of carbonyl (C=O) groups excluding carboxylic acids is 1. The fourth-order valence-corrected chi connectivity index (χ4v) is 3.74. The summed E-state index contributed by atoms with van der Waals surface area (Å²) in [6.07, 6.45) is -0.0842. The quantitative estimate of drug-likeness (QED) is 0.541. The van der Waals surface area contributed by atoms with Gasteiger partial charge in [0.25, 0.3) is 0 Å². The smallest absolute Gasteiger partial charge is 0.376 e. The van der Waals surface area contributed by atoms with E-state index in [9.17, 15) is 18.0 Å². The zero-order chi connectivity index (χ0) is 21.8. The Hall–Kier alpha value is -3.00. The van der Waals surface area contributed by atoms with Crippen molar-refractivity contribution in [3.05, 3.63) is 36.4 Å². The largest absolute Gasteiger partial charge is 0.416 e. The first-order valence-electron chi connectivity index (χ1n) is 9.27. The molecule has 0 bridgehead atoms. The minimum absolute atomic E-state index is 0.0204. The van der Waals surface area contributed by atoms with Crippen LogP contribution in [0.25, 0.3) is 5.69 Å². The number of ether oxygens (including phenoxy) is 1. The molecule has 1 atom stereocenters. The molecule has 1 saturated heterocycles. The van der Waals surface area contributed by atoms with Crippen LogP contribution in [0.5, 0.6) is 0 Å². The second-order valence-electron chi connectivity index (χ2n) is 6.69. The molecule has 1 aliphatic heterocycles. The van der Waals surface area contributed by atoms with E-state index in [0.29, 0.717) is 18.3 Å². The van der Waals surface area contributed by atoms with Crippen molar-refractivity contribution in [2.24, 2.45) is 0 Å². The molecule has 4 rings (SSSR count). The van der Waals surface area contributed by atoms with Crippen LogP contribution in [0.4, 0.5) is 18.9 Å². The molecule has 3 heterocycles. The van der Waals surface area contributed by atoms with Crippen LogP contribution in [0.3, 0.4) is 0 Å². The molecular formula is C17H17F3N8O2S. The van der Waals surface area contributed by atoms with Crippen LogP contribution in [-0.2, 0) is 22.3 Å². The van der Waals surface area contributed by atoms with Crippen LogP contribution in [0.15, 0.2) is 36.0 Å². The third-order valence-corrected chi connectivity index (χ3v) is 5.45. The van der Waals surface area contributed by atoms with E-state index in [4.69, 9.17) is 4.74 Å².